The van der Waals surface area contributed by atoms with Gasteiger partial charge in [0.25, 0.3) is 5.91 Å². The van der Waals surface area contributed by atoms with Crippen LogP contribution in [0.2, 0.25) is 0 Å². The van der Waals surface area contributed by atoms with E-state index in [0.29, 0.717) is 12.1 Å². The average Bonchev–Trinajstić information content (AvgIpc) is 3.46. The molecule has 2 heterocycles. The van der Waals surface area contributed by atoms with E-state index in [-0.39, 0.29) is 24.7 Å². The van der Waals surface area contributed by atoms with E-state index in [9.17, 15) is 9.90 Å². The fourth-order valence-electron chi connectivity index (χ4n) is 4.77. The molecular weight excluding hydrogens is 553 g/mol. The minimum atomic E-state index is -0.528. The number of amides is 1. The summed E-state index contributed by atoms with van der Waals surface area (Å²) >= 11 is 3.42. The molecule has 2 N–H and O–H groups in total. The average molecular weight is 583 g/mol. The number of aliphatic hydroxyl groups excluding tert-OH is 1. The van der Waals surface area contributed by atoms with Crippen molar-refractivity contribution >= 4 is 39.2 Å². The lowest BCUT2D eigenvalue weighted by Crippen LogP contribution is -2.31. The molecule has 4 aromatic carbocycles. The van der Waals surface area contributed by atoms with Crippen LogP contribution in [0.1, 0.15) is 51.4 Å². The molecule has 1 aromatic heterocycles. The van der Waals surface area contributed by atoms with E-state index in [1.807, 2.05) is 84.9 Å². The van der Waals surface area contributed by atoms with Crippen molar-refractivity contribution < 1.29 is 19.4 Å². The fourth-order valence-corrected chi connectivity index (χ4v) is 6.88. The third-order valence-corrected chi connectivity index (χ3v) is 9.33. The van der Waals surface area contributed by atoms with Gasteiger partial charge in [-0.2, -0.15) is 0 Å². The fraction of sp³-hybridized carbons (Fsp3) is 0.212. The molecule has 0 aliphatic carbocycles. The number of nitrogens with zero attached hydrogens (tertiary/aromatic N) is 1. The van der Waals surface area contributed by atoms with Gasteiger partial charge in [-0.25, -0.2) is 4.98 Å². The number of thiazole rings is 1. The van der Waals surface area contributed by atoms with Gasteiger partial charge in [0, 0.05) is 29.8 Å². The SMILES string of the molecule is O=C(NCc1ccc([C@@H]2O[C@H](CSc3nc4ccccc4s3)C[C@H](c3ccc(CO)cc3)O2)cc1)c1ccccc1. The van der Waals surface area contributed by atoms with Gasteiger partial charge in [0.05, 0.1) is 29.0 Å². The minimum absolute atomic E-state index is 0.0110. The van der Waals surface area contributed by atoms with E-state index < -0.39 is 6.29 Å². The molecular formula is C33H30N2O4S2. The summed E-state index contributed by atoms with van der Waals surface area (Å²) in [7, 11) is 0. The predicted molar refractivity (Wildman–Crippen MR) is 163 cm³/mol. The number of para-hydroxylation sites is 1. The zero-order valence-electron chi connectivity index (χ0n) is 22.3. The zero-order valence-corrected chi connectivity index (χ0v) is 23.9. The van der Waals surface area contributed by atoms with Crippen molar-refractivity contribution in [1.29, 1.82) is 0 Å². The summed E-state index contributed by atoms with van der Waals surface area (Å²) < 4.78 is 15.2. The van der Waals surface area contributed by atoms with Crippen LogP contribution in [0, 0.1) is 0 Å². The van der Waals surface area contributed by atoms with Gasteiger partial charge in [-0.3, -0.25) is 4.79 Å². The predicted octanol–water partition coefficient (Wildman–Crippen LogP) is 7.06. The molecule has 208 valence electrons. The Bertz CT molecular complexity index is 1560. The van der Waals surface area contributed by atoms with Crippen LogP contribution >= 0.6 is 23.1 Å². The maximum absolute atomic E-state index is 12.4. The molecule has 0 bridgehead atoms. The number of rotatable bonds is 9. The van der Waals surface area contributed by atoms with Gasteiger partial charge in [-0.1, -0.05) is 90.6 Å². The second kappa shape index (κ2) is 13.0. The van der Waals surface area contributed by atoms with Gasteiger partial charge in [0.15, 0.2) is 10.6 Å². The lowest BCUT2D eigenvalue weighted by molar-refractivity contribution is -0.245. The lowest BCUT2D eigenvalue weighted by Gasteiger charge is -2.36. The lowest BCUT2D eigenvalue weighted by atomic mass is 10.0. The number of carbonyl (C=O) groups is 1. The Labute approximate surface area is 247 Å². The summed E-state index contributed by atoms with van der Waals surface area (Å²) in [5, 5.41) is 12.4. The zero-order chi connectivity index (χ0) is 28.0. The second-order valence-corrected chi connectivity index (χ2v) is 12.2. The normalized spacial score (nSPS) is 18.8. The molecule has 0 spiro atoms. The van der Waals surface area contributed by atoms with Crippen LogP contribution in [-0.4, -0.2) is 27.9 Å². The first-order chi connectivity index (χ1) is 20.1. The van der Waals surface area contributed by atoms with Gasteiger partial charge in [0.1, 0.15) is 0 Å². The van der Waals surface area contributed by atoms with Gasteiger partial charge in [-0.05, 0) is 41.0 Å². The summed E-state index contributed by atoms with van der Waals surface area (Å²) in [6, 6.07) is 33.3. The quantitative estimate of drug-likeness (QED) is 0.181. The molecule has 6 rings (SSSR count). The van der Waals surface area contributed by atoms with Crippen molar-refractivity contribution in [3.05, 3.63) is 131 Å². The van der Waals surface area contributed by atoms with Crippen LogP contribution in [0.15, 0.2) is 107 Å². The van der Waals surface area contributed by atoms with E-state index in [0.717, 1.165) is 44.3 Å². The Kier molecular flexibility index (Phi) is 8.74. The number of carbonyl (C=O) groups excluding carboxylic acids is 1. The summed E-state index contributed by atoms with van der Waals surface area (Å²) in [6.45, 7) is 0.443. The highest BCUT2D eigenvalue weighted by atomic mass is 32.2. The standard InChI is InChI=1S/C33H30N2O4S2/c36-20-23-12-14-24(15-13-23)29-18-27(21-40-33-35-28-8-4-5-9-30(28)41-33)38-32(39-29)26-16-10-22(11-17-26)19-34-31(37)25-6-2-1-3-7-25/h1-17,27,29,32,36H,18-21H2,(H,34,37)/t27-,29+,32+/m0/s1. The summed E-state index contributed by atoms with van der Waals surface area (Å²) in [5.74, 6) is 0.659. The van der Waals surface area contributed by atoms with Crippen LogP contribution in [0.3, 0.4) is 0 Å². The summed E-state index contributed by atoms with van der Waals surface area (Å²) in [5.41, 5.74) is 5.51. The highest BCUT2D eigenvalue weighted by Crippen LogP contribution is 2.40. The molecule has 1 saturated heterocycles. The number of nitrogens with one attached hydrogen (secondary N) is 1. The maximum Gasteiger partial charge on any atom is 0.251 e. The van der Waals surface area contributed by atoms with Gasteiger partial charge < -0.3 is 19.9 Å². The molecule has 0 radical (unpaired) electrons. The number of ether oxygens (including phenoxy) is 2. The van der Waals surface area contributed by atoms with Gasteiger partial charge in [0.2, 0.25) is 0 Å². The first kappa shape index (κ1) is 27.6. The Balaban J connectivity index is 1.15. The molecule has 3 atom stereocenters. The number of aliphatic hydroxyl groups is 1. The van der Waals surface area contributed by atoms with Crippen LogP contribution in [0.4, 0.5) is 0 Å². The first-order valence-corrected chi connectivity index (χ1v) is 15.4. The molecule has 5 aromatic rings. The third-order valence-electron chi connectivity index (χ3n) is 7.02. The van der Waals surface area contributed by atoms with Crippen molar-refractivity contribution in [3.63, 3.8) is 0 Å². The topological polar surface area (TPSA) is 80.7 Å². The molecule has 1 aliphatic rings. The minimum Gasteiger partial charge on any atom is -0.392 e. The number of fused-ring (bicyclic) bond motifs is 1. The number of aromatic nitrogens is 1. The van der Waals surface area contributed by atoms with Crippen molar-refractivity contribution in [2.24, 2.45) is 0 Å². The molecule has 0 unspecified atom stereocenters. The highest BCUT2D eigenvalue weighted by Gasteiger charge is 2.32. The number of hydrogen-bond acceptors (Lipinski definition) is 7. The van der Waals surface area contributed by atoms with E-state index in [4.69, 9.17) is 14.5 Å². The van der Waals surface area contributed by atoms with Crippen molar-refractivity contribution in [1.82, 2.24) is 10.3 Å². The largest absolute Gasteiger partial charge is 0.392 e. The molecule has 6 nitrogen and oxygen atoms in total. The second-order valence-electron chi connectivity index (χ2n) is 9.90. The Hall–Kier alpha value is -3.53. The molecule has 1 fully saturated rings. The first-order valence-electron chi connectivity index (χ1n) is 13.6. The van der Waals surface area contributed by atoms with Crippen molar-refractivity contribution in [2.75, 3.05) is 5.75 Å². The number of hydrogen-bond donors (Lipinski definition) is 2. The number of benzene rings is 4. The molecule has 8 heteroatoms. The molecule has 1 aliphatic heterocycles. The maximum atomic E-state index is 12.4. The molecule has 0 saturated carbocycles. The Morgan fingerprint density at radius 2 is 1.59 bits per heavy atom. The molecule has 41 heavy (non-hydrogen) atoms. The van der Waals surface area contributed by atoms with E-state index in [1.165, 1.54) is 4.70 Å². The highest BCUT2D eigenvalue weighted by molar-refractivity contribution is 8.01. The van der Waals surface area contributed by atoms with Crippen LogP contribution in [0.5, 0.6) is 0 Å². The number of thioether (sulfide) groups is 1. The van der Waals surface area contributed by atoms with Crippen molar-refractivity contribution in [2.45, 2.75) is 42.4 Å². The van der Waals surface area contributed by atoms with E-state index in [1.54, 1.807) is 35.2 Å². The van der Waals surface area contributed by atoms with Crippen LogP contribution in [0.25, 0.3) is 10.2 Å². The van der Waals surface area contributed by atoms with E-state index >= 15 is 0 Å². The van der Waals surface area contributed by atoms with Crippen LogP contribution < -0.4 is 5.32 Å². The van der Waals surface area contributed by atoms with Gasteiger partial charge in [-0.15, -0.1) is 11.3 Å². The van der Waals surface area contributed by atoms with Gasteiger partial charge >= 0.3 is 0 Å². The summed E-state index contributed by atoms with van der Waals surface area (Å²) in [6.07, 6.45) is 0.00169. The van der Waals surface area contributed by atoms with Crippen molar-refractivity contribution in [3.8, 4) is 0 Å². The van der Waals surface area contributed by atoms with E-state index in [2.05, 4.69) is 11.4 Å². The summed E-state index contributed by atoms with van der Waals surface area (Å²) in [4.78, 5) is 17.2. The Morgan fingerprint density at radius 1 is 0.878 bits per heavy atom. The van der Waals surface area contributed by atoms with Crippen LogP contribution in [-0.2, 0) is 22.6 Å². The smallest absolute Gasteiger partial charge is 0.251 e. The Morgan fingerprint density at radius 3 is 2.34 bits per heavy atom. The monoisotopic (exact) mass is 582 g/mol. The third kappa shape index (κ3) is 6.86. The molecule has 1 amide bonds.